The first-order valence-electron chi connectivity index (χ1n) is 7.35. The second-order valence-electron chi connectivity index (χ2n) is 4.96. The normalized spacial score (nSPS) is 10.5. The number of rotatable bonds is 6. The van der Waals surface area contributed by atoms with Crippen LogP contribution in [0.5, 0.6) is 11.5 Å². The molecule has 5 nitrogen and oxygen atoms in total. The van der Waals surface area contributed by atoms with E-state index in [0.717, 1.165) is 5.56 Å². The van der Waals surface area contributed by atoms with E-state index in [4.69, 9.17) is 9.47 Å². The molecule has 0 aliphatic heterocycles. The summed E-state index contributed by atoms with van der Waals surface area (Å²) >= 11 is 0. The van der Waals surface area contributed by atoms with E-state index in [1.54, 1.807) is 62.7 Å². The molecule has 0 bridgehead atoms. The average Bonchev–Trinajstić information content (AvgIpc) is 2.65. The number of ether oxygens (including phenoxy) is 2. The van der Waals surface area contributed by atoms with Crippen LogP contribution in [0.1, 0.15) is 26.3 Å². The van der Waals surface area contributed by atoms with E-state index in [0.29, 0.717) is 22.6 Å². The van der Waals surface area contributed by atoms with Crippen molar-refractivity contribution in [1.82, 2.24) is 5.32 Å². The first-order valence-corrected chi connectivity index (χ1v) is 7.35. The number of methoxy groups -OCH3 is 2. The van der Waals surface area contributed by atoms with Crippen LogP contribution in [-0.2, 0) is 0 Å². The van der Waals surface area contributed by atoms with E-state index in [1.807, 2.05) is 0 Å². The lowest BCUT2D eigenvalue weighted by Crippen LogP contribution is -2.17. The first kappa shape index (κ1) is 17.3. The lowest BCUT2D eigenvalue weighted by Gasteiger charge is -2.07. The fourth-order valence-electron chi connectivity index (χ4n) is 2.16. The van der Waals surface area contributed by atoms with Crippen molar-refractivity contribution < 1.29 is 19.1 Å². The summed E-state index contributed by atoms with van der Waals surface area (Å²) in [5.41, 5.74) is 1.81. The third-order valence-electron chi connectivity index (χ3n) is 3.50. The number of carbonyl (C=O) groups is 2. The molecule has 0 aromatic heterocycles. The zero-order valence-corrected chi connectivity index (χ0v) is 13.8. The number of hydrogen-bond acceptors (Lipinski definition) is 4. The zero-order valence-electron chi connectivity index (χ0n) is 13.8. The molecule has 0 saturated carbocycles. The van der Waals surface area contributed by atoms with E-state index in [-0.39, 0.29) is 11.7 Å². The van der Waals surface area contributed by atoms with Crippen molar-refractivity contribution in [2.45, 2.75) is 0 Å². The van der Waals surface area contributed by atoms with Crippen molar-refractivity contribution in [2.75, 3.05) is 21.3 Å². The van der Waals surface area contributed by atoms with Crippen LogP contribution >= 0.6 is 0 Å². The minimum absolute atomic E-state index is 0.150. The van der Waals surface area contributed by atoms with Crippen LogP contribution in [0.3, 0.4) is 0 Å². The Hall–Kier alpha value is -3.08. The van der Waals surface area contributed by atoms with Gasteiger partial charge in [-0.3, -0.25) is 9.59 Å². The fourth-order valence-corrected chi connectivity index (χ4v) is 2.16. The summed E-state index contributed by atoms with van der Waals surface area (Å²) < 4.78 is 10.4. The molecule has 0 aliphatic carbocycles. The van der Waals surface area contributed by atoms with Gasteiger partial charge >= 0.3 is 0 Å². The van der Waals surface area contributed by atoms with Crippen molar-refractivity contribution in [1.29, 1.82) is 0 Å². The summed E-state index contributed by atoms with van der Waals surface area (Å²) in [5, 5.41) is 2.56. The summed E-state index contributed by atoms with van der Waals surface area (Å²) in [6.07, 6.45) is 3.15. The summed E-state index contributed by atoms with van der Waals surface area (Å²) in [4.78, 5) is 23.9. The summed E-state index contributed by atoms with van der Waals surface area (Å²) in [7, 11) is 4.63. The molecule has 1 N–H and O–H groups in total. The Morgan fingerprint density at radius 3 is 2.29 bits per heavy atom. The Labute approximate surface area is 140 Å². The Bertz CT molecular complexity index is 763. The Balaban J connectivity index is 2.20. The molecule has 0 radical (unpaired) electrons. The predicted octanol–water partition coefficient (Wildman–Crippen LogP) is 2.96. The Kier molecular flexibility index (Phi) is 5.73. The summed E-state index contributed by atoms with van der Waals surface area (Å²) in [5.74, 6) is 0.728. The number of nitrogens with one attached hydrogen (secondary N) is 1. The maximum Gasteiger partial charge on any atom is 0.251 e. The van der Waals surface area contributed by atoms with Crippen LogP contribution in [0.4, 0.5) is 0 Å². The van der Waals surface area contributed by atoms with Gasteiger partial charge in [0, 0.05) is 12.6 Å². The zero-order chi connectivity index (χ0) is 17.5. The molecule has 0 spiro atoms. The van der Waals surface area contributed by atoms with Gasteiger partial charge in [0.15, 0.2) is 5.78 Å². The maximum atomic E-state index is 12.4. The van der Waals surface area contributed by atoms with Gasteiger partial charge in [-0.25, -0.2) is 0 Å². The second-order valence-corrected chi connectivity index (χ2v) is 4.96. The van der Waals surface area contributed by atoms with Gasteiger partial charge < -0.3 is 14.8 Å². The van der Waals surface area contributed by atoms with E-state index in [1.165, 1.54) is 13.2 Å². The Morgan fingerprint density at radius 1 is 1.00 bits per heavy atom. The highest BCUT2D eigenvalue weighted by Gasteiger charge is 2.11. The lowest BCUT2D eigenvalue weighted by molar-refractivity contribution is 0.0962. The van der Waals surface area contributed by atoms with Crippen molar-refractivity contribution >= 4 is 17.8 Å². The van der Waals surface area contributed by atoms with Crippen molar-refractivity contribution in [3.05, 3.63) is 65.2 Å². The van der Waals surface area contributed by atoms with Crippen LogP contribution in [0.15, 0.2) is 48.5 Å². The number of ketones is 1. The van der Waals surface area contributed by atoms with Gasteiger partial charge in [-0.2, -0.15) is 0 Å². The molecular formula is C19H19NO4. The van der Waals surface area contributed by atoms with Gasteiger partial charge in [-0.1, -0.05) is 18.2 Å². The van der Waals surface area contributed by atoms with Gasteiger partial charge in [0.25, 0.3) is 5.91 Å². The molecule has 124 valence electrons. The molecule has 1 amide bonds. The molecule has 0 fully saturated rings. The Morgan fingerprint density at radius 2 is 1.71 bits per heavy atom. The minimum Gasteiger partial charge on any atom is -0.497 e. The van der Waals surface area contributed by atoms with Gasteiger partial charge in [0.1, 0.15) is 11.5 Å². The van der Waals surface area contributed by atoms with Crippen LogP contribution in [-0.4, -0.2) is 33.0 Å². The third-order valence-corrected chi connectivity index (χ3v) is 3.50. The molecule has 0 saturated heterocycles. The third kappa shape index (κ3) is 4.01. The smallest absolute Gasteiger partial charge is 0.251 e. The van der Waals surface area contributed by atoms with Crippen LogP contribution in [0.2, 0.25) is 0 Å². The number of benzene rings is 2. The van der Waals surface area contributed by atoms with Crippen LogP contribution in [0, 0.1) is 0 Å². The van der Waals surface area contributed by atoms with Gasteiger partial charge in [0.2, 0.25) is 0 Å². The highest BCUT2D eigenvalue weighted by Crippen LogP contribution is 2.24. The number of amides is 1. The fraction of sp³-hybridized carbons (Fsp3) is 0.158. The van der Waals surface area contributed by atoms with Crippen LogP contribution < -0.4 is 14.8 Å². The van der Waals surface area contributed by atoms with Gasteiger partial charge in [-0.15, -0.1) is 0 Å². The topological polar surface area (TPSA) is 64.6 Å². The van der Waals surface area contributed by atoms with E-state index >= 15 is 0 Å². The molecule has 2 aromatic carbocycles. The predicted molar refractivity (Wildman–Crippen MR) is 92.7 cm³/mol. The molecule has 2 aromatic rings. The standard InChI is InChI=1S/C19H19NO4/c1-20-19(22)14-7-4-13(5-8-14)6-10-17(21)16-12-15(23-2)9-11-18(16)24-3/h4-12H,1-3H3,(H,20,22)/b10-6+. The molecule has 0 heterocycles. The lowest BCUT2D eigenvalue weighted by atomic mass is 10.1. The molecule has 0 aliphatic rings. The average molecular weight is 325 g/mol. The second kappa shape index (κ2) is 7.97. The quantitative estimate of drug-likeness (QED) is 0.655. The highest BCUT2D eigenvalue weighted by molar-refractivity contribution is 6.09. The van der Waals surface area contributed by atoms with E-state index in [9.17, 15) is 9.59 Å². The largest absolute Gasteiger partial charge is 0.497 e. The van der Waals surface area contributed by atoms with Crippen molar-refractivity contribution in [3.63, 3.8) is 0 Å². The monoisotopic (exact) mass is 325 g/mol. The maximum absolute atomic E-state index is 12.4. The number of allylic oxidation sites excluding steroid dienone is 1. The summed E-state index contributed by atoms with van der Waals surface area (Å²) in [6.45, 7) is 0. The molecular weight excluding hydrogens is 306 g/mol. The van der Waals surface area contributed by atoms with E-state index in [2.05, 4.69) is 5.32 Å². The molecule has 2 rings (SSSR count). The molecule has 0 unspecified atom stereocenters. The molecule has 24 heavy (non-hydrogen) atoms. The SMILES string of the molecule is CNC(=O)c1ccc(/C=C/C(=O)c2cc(OC)ccc2OC)cc1. The molecule has 0 atom stereocenters. The summed E-state index contributed by atoms with van der Waals surface area (Å²) in [6, 6.07) is 12.0. The number of hydrogen-bond donors (Lipinski definition) is 1. The van der Waals surface area contributed by atoms with Gasteiger partial charge in [-0.05, 0) is 42.0 Å². The molecule has 5 heteroatoms. The highest BCUT2D eigenvalue weighted by atomic mass is 16.5. The van der Waals surface area contributed by atoms with E-state index < -0.39 is 0 Å². The number of carbonyl (C=O) groups excluding carboxylic acids is 2. The van der Waals surface area contributed by atoms with Crippen LogP contribution in [0.25, 0.3) is 6.08 Å². The van der Waals surface area contributed by atoms with Crippen molar-refractivity contribution in [3.8, 4) is 11.5 Å². The first-order chi connectivity index (χ1) is 11.6. The van der Waals surface area contributed by atoms with Crippen molar-refractivity contribution in [2.24, 2.45) is 0 Å². The van der Waals surface area contributed by atoms with Gasteiger partial charge in [0.05, 0.1) is 19.8 Å². The minimum atomic E-state index is -0.193.